The summed E-state index contributed by atoms with van der Waals surface area (Å²) in [6.07, 6.45) is -4.41. The van der Waals surface area contributed by atoms with Crippen molar-refractivity contribution in [3.63, 3.8) is 0 Å². The monoisotopic (exact) mass is 335 g/mol. The van der Waals surface area contributed by atoms with Gasteiger partial charge in [0, 0.05) is 13.7 Å². The molecule has 0 radical (unpaired) electrons. The van der Waals surface area contributed by atoms with Crippen molar-refractivity contribution in [2.75, 3.05) is 34.0 Å². The van der Waals surface area contributed by atoms with Crippen molar-refractivity contribution in [1.82, 2.24) is 5.32 Å². The zero-order chi connectivity index (χ0) is 17.3. The molecular formula is C14H20F3N3O3. The van der Waals surface area contributed by atoms with Crippen molar-refractivity contribution in [1.29, 1.82) is 0 Å². The zero-order valence-corrected chi connectivity index (χ0v) is 12.9. The number of methoxy groups -OCH3 is 2. The average molecular weight is 335 g/mol. The summed E-state index contributed by atoms with van der Waals surface area (Å²) >= 11 is 0. The molecule has 130 valence electrons. The number of nitrogens with zero attached hydrogens (tertiary/aromatic N) is 1. The highest BCUT2D eigenvalue weighted by atomic mass is 19.4. The lowest BCUT2D eigenvalue weighted by atomic mass is 10.2. The van der Waals surface area contributed by atoms with Crippen LogP contribution < -0.4 is 20.5 Å². The number of hydrogen-bond donors (Lipinski definition) is 2. The number of hydrogen-bond acceptors (Lipinski definition) is 4. The van der Waals surface area contributed by atoms with Gasteiger partial charge < -0.3 is 25.3 Å². The summed E-state index contributed by atoms with van der Waals surface area (Å²) in [6.45, 7) is -0.104. The number of nitrogens with two attached hydrogens (primary N) is 1. The summed E-state index contributed by atoms with van der Waals surface area (Å²) in [6, 6.07) is 4.56. The maximum absolute atomic E-state index is 12.2. The molecule has 23 heavy (non-hydrogen) atoms. The van der Waals surface area contributed by atoms with Gasteiger partial charge in [-0.25, -0.2) is 4.99 Å². The predicted octanol–water partition coefficient (Wildman–Crippen LogP) is 1.69. The van der Waals surface area contributed by atoms with Crippen molar-refractivity contribution < 1.29 is 27.4 Å². The Bertz CT molecular complexity index is 522. The molecule has 0 bridgehead atoms. The van der Waals surface area contributed by atoms with Crippen molar-refractivity contribution in [3.8, 4) is 11.5 Å². The SMILES string of the molecule is COCCNC(N)=NCc1ccc(OCC(F)(F)F)c(OC)c1. The molecule has 0 saturated heterocycles. The van der Waals surface area contributed by atoms with Crippen LogP contribution in [0.15, 0.2) is 23.2 Å². The van der Waals surface area contributed by atoms with Crippen molar-refractivity contribution in [2.24, 2.45) is 10.7 Å². The van der Waals surface area contributed by atoms with Gasteiger partial charge in [0.05, 0.1) is 20.3 Å². The lowest BCUT2D eigenvalue weighted by Crippen LogP contribution is -2.34. The molecule has 6 nitrogen and oxygen atoms in total. The van der Waals surface area contributed by atoms with Crippen LogP contribution in [0.2, 0.25) is 0 Å². The quantitative estimate of drug-likeness (QED) is 0.429. The van der Waals surface area contributed by atoms with E-state index in [4.69, 9.17) is 19.9 Å². The first-order valence-corrected chi connectivity index (χ1v) is 6.75. The number of halogens is 3. The Hall–Kier alpha value is -2.16. The van der Waals surface area contributed by atoms with Gasteiger partial charge in [-0.1, -0.05) is 6.07 Å². The van der Waals surface area contributed by atoms with Gasteiger partial charge >= 0.3 is 6.18 Å². The van der Waals surface area contributed by atoms with E-state index in [0.29, 0.717) is 13.2 Å². The summed E-state index contributed by atoms with van der Waals surface area (Å²) in [5.41, 5.74) is 6.38. The van der Waals surface area contributed by atoms with Gasteiger partial charge in [-0.2, -0.15) is 13.2 Å². The standard InChI is InChI=1S/C14H20F3N3O3/c1-21-6-5-19-13(18)20-8-10-3-4-11(12(7-10)22-2)23-9-14(15,16)17/h3-4,7H,5-6,8-9H2,1-2H3,(H3,18,19,20). The fraction of sp³-hybridized carbons (Fsp3) is 0.500. The molecule has 0 unspecified atom stereocenters. The van der Waals surface area contributed by atoms with Gasteiger partial charge in [-0.3, -0.25) is 0 Å². The van der Waals surface area contributed by atoms with Crippen LogP contribution in [0, 0.1) is 0 Å². The number of nitrogens with one attached hydrogen (secondary N) is 1. The summed E-state index contributed by atoms with van der Waals surface area (Å²) < 4.78 is 51.1. The molecule has 0 aliphatic rings. The third-order valence-corrected chi connectivity index (χ3v) is 2.66. The van der Waals surface area contributed by atoms with E-state index in [1.54, 1.807) is 19.2 Å². The third-order valence-electron chi connectivity index (χ3n) is 2.66. The second kappa shape index (κ2) is 9.09. The fourth-order valence-electron chi connectivity index (χ4n) is 1.60. The van der Waals surface area contributed by atoms with E-state index in [2.05, 4.69) is 10.3 Å². The molecule has 0 atom stereocenters. The van der Waals surface area contributed by atoms with Gasteiger partial charge in [-0.15, -0.1) is 0 Å². The van der Waals surface area contributed by atoms with Gasteiger partial charge in [0.2, 0.25) is 0 Å². The molecule has 0 amide bonds. The van der Waals surface area contributed by atoms with Gasteiger partial charge in [-0.05, 0) is 17.7 Å². The first-order chi connectivity index (χ1) is 10.9. The molecule has 1 aromatic rings. The summed E-state index contributed by atoms with van der Waals surface area (Å²) in [5.74, 6) is 0.468. The lowest BCUT2D eigenvalue weighted by molar-refractivity contribution is -0.153. The number of rotatable bonds is 8. The van der Waals surface area contributed by atoms with Crippen LogP contribution in [0.4, 0.5) is 13.2 Å². The highest BCUT2D eigenvalue weighted by Gasteiger charge is 2.29. The molecule has 0 fully saturated rings. The molecule has 1 rings (SSSR count). The van der Waals surface area contributed by atoms with Crippen LogP contribution in [-0.4, -0.2) is 46.1 Å². The molecule has 0 aliphatic heterocycles. The van der Waals surface area contributed by atoms with Gasteiger partial charge in [0.1, 0.15) is 0 Å². The Balaban J connectivity index is 2.66. The van der Waals surface area contributed by atoms with Crippen LogP contribution >= 0.6 is 0 Å². The predicted molar refractivity (Wildman–Crippen MR) is 79.7 cm³/mol. The third kappa shape index (κ3) is 7.59. The second-order valence-corrected chi connectivity index (χ2v) is 4.51. The first-order valence-electron chi connectivity index (χ1n) is 6.75. The first kappa shape index (κ1) is 18.9. The molecule has 0 saturated carbocycles. The maximum Gasteiger partial charge on any atom is 0.422 e. The number of aliphatic imine (C=N–C) groups is 1. The number of alkyl halides is 3. The molecule has 0 aliphatic carbocycles. The van der Waals surface area contributed by atoms with Gasteiger partial charge in [0.25, 0.3) is 0 Å². The van der Waals surface area contributed by atoms with Crippen LogP contribution in [-0.2, 0) is 11.3 Å². The van der Waals surface area contributed by atoms with Crippen LogP contribution in [0.1, 0.15) is 5.56 Å². The van der Waals surface area contributed by atoms with E-state index in [-0.39, 0.29) is 24.0 Å². The summed E-state index contributed by atoms with van der Waals surface area (Å²) in [7, 11) is 2.92. The molecule has 9 heteroatoms. The summed E-state index contributed by atoms with van der Waals surface area (Å²) in [5, 5.41) is 2.85. The van der Waals surface area contributed by atoms with Crippen LogP contribution in [0.25, 0.3) is 0 Å². The Morgan fingerprint density at radius 1 is 1.26 bits per heavy atom. The minimum atomic E-state index is -4.41. The Kier molecular flexibility index (Phi) is 7.46. The van der Waals surface area contributed by atoms with Crippen molar-refractivity contribution in [2.45, 2.75) is 12.7 Å². The highest BCUT2D eigenvalue weighted by molar-refractivity contribution is 5.77. The molecule has 0 spiro atoms. The smallest absolute Gasteiger partial charge is 0.422 e. The number of guanidine groups is 1. The van der Waals surface area contributed by atoms with Crippen molar-refractivity contribution >= 4 is 5.96 Å². The van der Waals surface area contributed by atoms with Gasteiger partial charge in [0.15, 0.2) is 24.1 Å². The van der Waals surface area contributed by atoms with E-state index in [9.17, 15) is 13.2 Å². The Labute approximate surface area is 132 Å². The molecule has 3 N–H and O–H groups in total. The van der Waals surface area contributed by atoms with Crippen molar-refractivity contribution in [3.05, 3.63) is 23.8 Å². The largest absolute Gasteiger partial charge is 0.493 e. The fourth-order valence-corrected chi connectivity index (χ4v) is 1.60. The van der Waals surface area contributed by atoms with E-state index in [0.717, 1.165) is 5.56 Å². The topological polar surface area (TPSA) is 78.1 Å². The van der Waals surface area contributed by atoms with E-state index in [1.807, 2.05) is 0 Å². The average Bonchev–Trinajstić information content (AvgIpc) is 2.50. The van der Waals surface area contributed by atoms with Crippen LogP contribution in [0.5, 0.6) is 11.5 Å². The van der Waals surface area contributed by atoms with E-state index >= 15 is 0 Å². The molecule has 0 heterocycles. The normalized spacial score (nSPS) is 12.1. The molecule has 0 aromatic heterocycles. The Morgan fingerprint density at radius 2 is 2.00 bits per heavy atom. The minimum Gasteiger partial charge on any atom is -0.493 e. The summed E-state index contributed by atoms with van der Waals surface area (Å²) in [4.78, 5) is 4.11. The van der Waals surface area contributed by atoms with E-state index in [1.165, 1.54) is 13.2 Å². The number of benzene rings is 1. The molecular weight excluding hydrogens is 315 g/mol. The maximum atomic E-state index is 12.2. The minimum absolute atomic E-state index is 0.0174. The lowest BCUT2D eigenvalue weighted by Gasteiger charge is -2.13. The zero-order valence-electron chi connectivity index (χ0n) is 12.9. The Morgan fingerprint density at radius 3 is 2.61 bits per heavy atom. The second-order valence-electron chi connectivity index (χ2n) is 4.51. The highest BCUT2D eigenvalue weighted by Crippen LogP contribution is 2.30. The van der Waals surface area contributed by atoms with E-state index < -0.39 is 12.8 Å². The molecule has 1 aromatic carbocycles. The number of ether oxygens (including phenoxy) is 3. The van der Waals surface area contributed by atoms with Crippen LogP contribution in [0.3, 0.4) is 0 Å².